The highest BCUT2D eigenvalue weighted by Gasteiger charge is 2.17. The van der Waals surface area contributed by atoms with Crippen LogP contribution in [0.2, 0.25) is 0 Å². The molecule has 94 valence electrons. The van der Waals surface area contributed by atoms with Gasteiger partial charge in [0.25, 0.3) is 0 Å². The number of rotatable bonds is 2. The smallest absolute Gasteiger partial charge is 0.317 e. The Morgan fingerprint density at radius 1 is 1.11 bits per heavy atom. The van der Waals surface area contributed by atoms with Crippen molar-refractivity contribution in [2.24, 2.45) is 5.10 Å². The first-order valence-corrected chi connectivity index (χ1v) is 6.26. The van der Waals surface area contributed by atoms with Crippen LogP contribution in [0.5, 0.6) is 5.75 Å². The van der Waals surface area contributed by atoms with Gasteiger partial charge in [0.1, 0.15) is 12.0 Å². The quantitative estimate of drug-likeness (QED) is 0.595. The first-order valence-electron chi connectivity index (χ1n) is 6.26. The molecule has 0 fully saturated rings. The summed E-state index contributed by atoms with van der Waals surface area (Å²) in [6.07, 6.45) is 3.84. The van der Waals surface area contributed by atoms with Crippen LogP contribution in [0.1, 0.15) is 16.7 Å². The van der Waals surface area contributed by atoms with Gasteiger partial charge in [0.15, 0.2) is 0 Å². The molecule has 0 bridgehead atoms. The van der Waals surface area contributed by atoms with Crippen LogP contribution in [-0.4, -0.2) is 23.8 Å². The molecule has 3 rings (SSSR count). The Morgan fingerprint density at radius 2 is 1.95 bits per heavy atom. The summed E-state index contributed by atoms with van der Waals surface area (Å²) >= 11 is 0. The fourth-order valence-electron chi connectivity index (χ4n) is 2.05. The summed E-state index contributed by atoms with van der Waals surface area (Å²) < 4.78 is 7.54. The van der Waals surface area contributed by atoms with E-state index in [-0.39, 0.29) is 0 Å². The molecular formula is C16H15N2O+. The van der Waals surface area contributed by atoms with E-state index in [4.69, 9.17) is 4.74 Å². The number of ether oxygens (including phenoxy) is 1. The summed E-state index contributed by atoms with van der Waals surface area (Å²) in [6, 6.07) is 16.1. The molecule has 0 unspecified atom stereocenters. The maximum absolute atomic E-state index is 5.74. The van der Waals surface area contributed by atoms with E-state index in [2.05, 4.69) is 18.1 Å². The number of nitrogens with zero attached hydrogens (tertiary/aromatic N) is 2. The Balaban J connectivity index is 1.86. The standard InChI is InChI=1S/C16H15N2O/c1-13-6-5-9-15-11-18(12-19-16(13)15)17-10-14-7-3-2-4-8-14/h2-11H,12H2,1H3/q+1/b17-10-. The summed E-state index contributed by atoms with van der Waals surface area (Å²) in [7, 11) is 0. The number of hydrogen-bond acceptors (Lipinski definition) is 2. The lowest BCUT2D eigenvalue weighted by Gasteiger charge is -2.12. The van der Waals surface area contributed by atoms with Gasteiger partial charge < -0.3 is 4.74 Å². The van der Waals surface area contributed by atoms with Gasteiger partial charge in [-0.1, -0.05) is 47.1 Å². The van der Waals surface area contributed by atoms with Crippen molar-refractivity contribution >= 4 is 12.4 Å². The fourth-order valence-corrected chi connectivity index (χ4v) is 2.05. The van der Waals surface area contributed by atoms with E-state index >= 15 is 0 Å². The van der Waals surface area contributed by atoms with Crippen LogP contribution < -0.4 is 4.74 Å². The molecule has 19 heavy (non-hydrogen) atoms. The second-order valence-corrected chi connectivity index (χ2v) is 4.49. The van der Waals surface area contributed by atoms with E-state index in [0.717, 1.165) is 22.4 Å². The average Bonchev–Trinajstić information content (AvgIpc) is 2.46. The number of hydrogen-bond donors (Lipinski definition) is 0. The molecule has 3 heteroatoms. The Morgan fingerprint density at radius 3 is 2.79 bits per heavy atom. The molecule has 0 aliphatic carbocycles. The number of benzene rings is 2. The SMILES string of the molecule is Cc1cccc2c1OC[N+](/N=C\c1ccccc1)=C2. The van der Waals surface area contributed by atoms with Crippen LogP contribution in [0, 0.1) is 6.92 Å². The third-order valence-corrected chi connectivity index (χ3v) is 3.03. The zero-order valence-electron chi connectivity index (χ0n) is 10.8. The topological polar surface area (TPSA) is 24.6 Å². The maximum atomic E-state index is 5.74. The normalized spacial score (nSPS) is 13.8. The second kappa shape index (κ2) is 5.06. The number of para-hydroxylation sites is 1. The highest BCUT2D eigenvalue weighted by molar-refractivity contribution is 5.82. The van der Waals surface area contributed by atoms with E-state index in [9.17, 15) is 0 Å². The summed E-state index contributed by atoms with van der Waals surface area (Å²) in [5.41, 5.74) is 3.29. The van der Waals surface area contributed by atoms with Gasteiger partial charge in [-0.25, -0.2) is 0 Å². The van der Waals surface area contributed by atoms with Gasteiger partial charge in [-0.05, 0) is 29.2 Å². The summed E-state index contributed by atoms with van der Waals surface area (Å²) in [5.74, 6) is 0.952. The Bertz CT molecular complexity index is 645. The van der Waals surface area contributed by atoms with E-state index in [1.807, 2.05) is 54.9 Å². The predicted molar refractivity (Wildman–Crippen MR) is 76.1 cm³/mol. The van der Waals surface area contributed by atoms with Crippen LogP contribution >= 0.6 is 0 Å². The number of hydrazone groups is 1. The fraction of sp³-hybridized carbons (Fsp3) is 0.125. The van der Waals surface area contributed by atoms with E-state index in [1.165, 1.54) is 0 Å². The van der Waals surface area contributed by atoms with Crippen molar-refractivity contribution in [3.05, 3.63) is 65.2 Å². The second-order valence-electron chi connectivity index (χ2n) is 4.49. The Hall–Kier alpha value is -2.42. The Labute approximate surface area is 112 Å². The van der Waals surface area contributed by atoms with Gasteiger partial charge in [-0.3, -0.25) is 0 Å². The minimum Gasteiger partial charge on any atom is -0.433 e. The summed E-state index contributed by atoms with van der Waals surface area (Å²) in [6.45, 7) is 2.50. The van der Waals surface area contributed by atoms with Crippen LogP contribution in [0.4, 0.5) is 0 Å². The molecule has 0 saturated carbocycles. The first kappa shape index (κ1) is 11.7. The molecule has 0 amide bonds. The van der Waals surface area contributed by atoms with E-state index in [0.29, 0.717) is 6.73 Å². The van der Waals surface area contributed by atoms with Crippen molar-refractivity contribution in [3.8, 4) is 5.75 Å². The summed E-state index contributed by atoms with van der Waals surface area (Å²) in [4.78, 5) is 0. The molecule has 0 spiro atoms. The third kappa shape index (κ3) is 2.55. The lowest BCUT2D eigenvalue weighted by Crippen LogP contribution is -2.20. The predicted octanol–water partition coefficient (Wildman–Crippen LogP) is 2.81. The molecule has 1 aliphatic heterocycles. The zero-order chi connectivity index (χ0) is 13.1. The van der Waals surface area contributed by atoms with Crippen molar-refractivity contribution in [2.45, 2.75) is 6.92 Å². The van der Waals surface area contributed by atoms with Crippen molar-refractivity contribution in [2.75, 3.05) is 6.73 Å². The summed E-state index contributed by atoms with van der Waals surface area (Å²) in [5, 5.41) is 4.41. The van der Waals surface area contributed by atoms with Crippen LogP contribution in [0.15, 0.2) is 53.6 Å². The highest BCUT2D eigenvalue weighted by Crippen LogP contribution is 2.23. The lowest BCUT2D eigenvalue weighted by atomic mass is 10.1. The van der Waals surface area contributed by atoms with Gasteiger partial charge in [0.2, 0.25) is 6.21 Å². The van der Waals surface area contributed by atoms with Crippen molar-refractivity contribution < 1.29 is 9.42 Å². The van der Waals surface area contributed by atoms with Crippen LogP contribution in [0.3, 0.4) is 0 Å². The average molecular weight is 251 g/mol. The van der Waals surface area contributed by atoms with Crippen LogP contribution in [0.25, 0.3) is 0 Å². The molecule has 1 aliphatic rings. The minimum atomic E-state index is 0.446. The molecule has 0 radical (unpaired) electrons. The molecular weight excluding hydrogens is 236 g/mol. The number of fused-ring (bicyclic) bond motifs is 1. The molecule has 0 atom stereocenters. The molecule has 2 aromatic carbocycles. The third-order valence-electron chi connectivity index (χ3n) is 3.03. The maximum Gasteiger partial charge on any atom is 0.317 e. The van der Waals surface area contributed by atoms with Crippen LogP contribution in [-0.2, 0) is 0 Å². The highest BCUT2D eigenvalue weighted by atomic mass is 16.5. The molecule has 0 saturated heterocycles. The molecule has 1 heterocycles. The van der Waals surface area contributed by atoms with Gasteiger partial charge in [0.05, 0.1) is 5.56 Å². The molecule has 0 aromatic heterocycles. The van der Waals surface area contributed by atoms with Gasteiger partial charge in [0, 0.05) is 0 Å². The van der Waals surface area contributed by atoms with E-state index < -0.39 is 0 Å². The van der Waals surface area contributed by atoms with Gasteiger partial charge in [-0.15, -0.1) is 0 Å². The van der Waals surface area contributed by atoms with Gasteiger partial charge >= 0.3 is 6.73 Å². The first-order chi connectivity index (χ1) is 9.33. The minimum absolute atomic E-state index is 0.446. The molecule has 3 nitrogen and oxygen atoms in total. The van der Waals surface area contributed by atoms with Crippen molar-refractivity contribution in [3.63, 3.8) is 0 Å². The van der Waals surface area contributed by atoms with Gasteiger partial charge in [-0.2, -0.15) is 0 Å². The molecule has 2 aromatic rings. The Kier molecular flexibility index (Phi) is 3.11. The largest absolute Gasteiger partial charge is 0.433 e. The number of aryl methyl sites for hydroxylation is 1. The monoisotopic (exact) mass is 251 g/mol. The van der Waals surface area contributed by atoms with Crippen molar-refractivity contribution in [1.29, 1.82) is 0 Å². The zero-order valence-corrected chi connectivity index (χ0v) is 10.8. The van der Waals surface area contributed by atoms with Crippen molar-refractivity contribution in [1.82, 2.24) is 0 Å². The lowest BCUT2D eigenvalue weighted by molar-refractivity contribution is -0.560. The van der Waals surface area contributed by atoms with E-state index in [1.54, 1.807) is 4.68 Å². The molecule has 0 N–H and O–H groups in total.